The molecule has 0 spiro atoms. The van der Waals surface area contributed by atoms with E-state index < -0.39 is 0 Å². The zero-order valence-electron chi connectivity index (χ0n) is 14.6. The van der Waals surface area contributed by atoms with Crippen LogP contribution in [0.2, 0.25) is 0 Å². The van der Waals surface area contributed by atoms with Crippen LogP contribution >= 0.6 is 0 Å². The van der Waals surface area contributed by atoms with Gasteiger partial charge < -0.3 is 19.5 Å². The number of fused-ring (bicyclic) bond motifs is 1. The highest BCUT2D eigenvalue weighted by Gasteiger charge is 2.43. The second-order valence-electron chi connectivity index (χ2n) is 6.94. The zero-order valence-corrected chi connectivity index (χ0v) is 14.6. The molecule has 2 aliphatic heterocycles. The summed E-state index contributed by atoms with van der Waals surface area (Å²) in [7, 11) is 1.58. The number of amides is 3. The summed E-state index contributed by atoms with van der Waals surface area (Å²) in [6.45, 7) is 1.48. The number of hydrogen-bond acceptors (Lipinski definition) is 4. The van der Waals surface area contributed by atoms with E-state index in [4.69, 9.17) is 4.42 Å². The Morgan fingerprint density at radius 1 is 1.23 bits per heavy atom. The topological polar surface area (TPSA) is 82.9 Å². The molecule has 1 atom stereocenters. The van der Waals surface area contributed by atoms with Gasteiger partial charge in [-0.1, -0.05) is 18.2 Å². The van der Waals surface area contributed by atoms with Gasteiger partial charge in [-0.2, -0.15) is 0 Å². The lowest BCUT2D eigenvalue weighted by Crippen LogP contribution is -2.61. The lowest BCUT2D eigenvalue weighted by molar-refractivity contribution is -0.144. The minimum Gasteiger partial charge on any atom is -0.461 e. The van der Waals surface area contributed by atoms with Crippen LogP contribution in [0, 0.1) is 5.92 Å². The predicted molar refractivity (Wildman–Crippen MR) is 94.2 cm³/mol. The number of benzene rings is 1. The quantitative estimate of drug-likeness (QED) is 0.879. The van der Waals surface area contributed by atoms with Gasteiger partial charge in [-0.05, 0) is 12.1 Å². The Kier molecular flexibility index (Phi) is 4.14. The van der Waals surface area contributed by atoms with Gasteiger partial charge in [0.2, 0.25) is 17.7 Å². The third-order valence-electron chi connectivity index (χ3n) is 5.23. The SMILES string of the molecule is CNC(=O)C1CC(=O)N(C2CN(C(=O)Cc3cc4ccccc4o3)C2)C1. The maximum Gasteiger partial charge on any atom is 0.230 e. The van der Waals surface area contributed by atoms with Gasteiger partial charge in [0.15, 0.2) is 0 Å². The number of nitrogens with one attached hydrogen (secondary N) is 1. The van der Waals surface area contributed by atoms with Crippen molar-refractivity contribution >= 4 is 28.7 Å². The Morgan fingerprint density at radius 2 is 2.00 bits per heavy atom. The minimum absolute atomic E-state index is 0.00481. The average molecular weight is 355 g/mol. The summed E-state index contributed by atoms with van der Waals surface area (Å²) in [5.41, 5.74) is 0.777. The fourth-order valence-corrected chi connectivity index (χ4v) is 3.71. The van der Waals surface area contributed by atoms with E-state index in [1.54, 1.807) is 16.8 Å². The second-order valence-corrected chi connectivity index (χ2v) is 6.94. The fraction of sp³-hybridized carbons (Fsp3) is 0.421. The highest BCUT2D eigenvalue weighted by atomic mass is 16.3. The second kappa shape index (κ2) is 6.48. The van der Waals surface area contributed by atoms with Gasteiger partial charge >= 0.3 is 0 Å². The third-order valence-corrected chi connectivity index (χ3v) is 5.23. The lowest BCUT2D eigenvalue weighted by atomic mass is 10.1. The van der Waals surface area contributed by atoms with Crippen LogP contribution in [0.5, 0.6) is 0 Å². The first-order valence-corrected chi connectivity index (χ1v) is 8.81. The van der Waals surface area contributed by atoms with Crippen molar-refractivity contribution in [2.75, 3.05) is 26.7 Å². The molecule has 2 saturated heterocycles. The van der Waals surface area contributed by atoms with Crippen molar-refractivity contribution in [2.24, 2.45) is 5.92 Å². The largest absolute Gasteiger partial charge is 0.461 e. The lowest BCUT2D eigenvalue weighted by Gasteiger charge is -2.44. The summed E-state index contributed by atoms with van der Waals surface area (Å²) in [4.78, 5) is 39.8. The normalized spacial score (nSPS) is 20.5. The van der Waals surface area contributed by atoms with Crippen LogP contribution in [0.15, 0.2) is 34.7 Å². The van der Waals surface area contributed by atoms with Crippen LogP contribution in [0.3, 0.4) is 0 Å². The number of rotatable bonds is 4. The number of likely N-dealkylation sites (tertiary alicyclic amines) is 2. The Hall–Kier alpha value is -2.83. The van der Waals surface area contributed by atoms with E-state index in [1.807, 2.05) is 30.3 Å². The summed E-state index contributed by atoms with van der Waals surface area (Å²) in [5.74, 6) is 0.255. The van der Waals surface area contributed by atoms with E-state index in [-0.39, 0.29) is 42.5 Å². The summed E-state index contributed by atoms with van der Waals surface area (Å²) in [5, 5.41) is 3.58. The van der Waals surface area contributed by atoms with Crippen molar-refractivity contribution in [2.45, 2.75) is 18.9 Å². The van der Waals surface area contributed by atoms with Gasteiger partial charge in [0.25, 0.3) is 0 Å². The first kappa shape index (κ1) is 16.6. The summed E-state index contributed by atoms with van der Waals surface area (Å²) in [6, 6.07) is 9.57. The fourth-order valence-electron chi connectivity index (χ4n) is 3.71. The molecule has 3 amide bonds. The molecule has 0 aliphatic carbocycles. The maximum atomic E-state index is 12.4. The summed E-state index contributed by atoms with van der Waals surface area (Å²) in [6.07, 6.45) is 0.472. The van der Waals surface area contributed by atoms with Crippen LogP contribution in [-0.4, -0.2) is 60.2 Å². The predicted octanol–water partition coefficient (Wildman–Crippen LogP) is 0.781. The molecule has 4 rings (SSSR count). The van der Waals surface area contributed by atoms with Gasteiger partial charge in [-0.25, -0.2) is 0 Å². The van der Waals surface area contributed by atoms with Crippen molar-refractivity contribution in [3.63, 3.8) is 0 Å². The number of hydrogen-bond donors (Lipinski definition) is 1. The first-order valence-electron chi connectivity index (χ1n) is 8.81. The number of furan rings is 1. The van der Waals surface area contributed by atoms with Crippen molar-refractivity contribution in [1.29, 1.82) is 0 Å². The van der Waals surface area contributed by atoms with Gasteiger partial charge in [0, 0.05) is 38.5 Å². The van der Waals surface area contributed by atoms with E-state index in [0.717, 1.165) is 11.0 Å². The van der Waals surface area contributed by atoms with E-state index >= 15 is 0 Å². The van der Waals surface area contributed by atoms with Crippen LogP contribution in [0.4, 0.5) is 0 Å². The Labute approximate surface area is 150 Å². The molecule has 2 fully saturated rings. The molecule has 1 N–H and O–H groups in total. The molecule has 2 aromatic rings. The molecule has 0 radical (unpaired) electrons. The Balaban J connectivity index is 1.32. The Morgan fingerprint density at radius 3 is 2.73 bits per heavy atom. The molecule has 2 aliphatic rings. The minimum atomic E-state index is -0.284. The number of nitrogens with zero attached hydrogens (tertiary/aromatic N) is 2. The molecular weight excluding hydrogens is 334 g/mol. The standard InChI is InChI=1S/C19H21N3O4/c1-20-19(25)13-7-18(24)22(9-13)14-10-21(11-14)17(23)8-15-6-12-4-2-3-5-16(12)26-15/h2-6,13-14H,7-11H2,1H3,(H,20,25). The number of carbonyl (C=O) groups is 3. The third kappa shape index (κ3) is 2.94. The average Bonchev–Trinajstić information content (AvgIpc) is 3.16. The Bertz CT molecular complexity index is 836. The van der Waals surface area contributed by atoms with Gasteiger partial charge in [0.05, 0.1) is 18.4 Å². The molecule has 3 heterocycles. The van der Waals surface area contributed by atoms with Crippen LogP contribution < -0.4 is 5.32 Å². The smallest absolute Gasteiger partial charge is 0.230 e. The van der Waals surface area contributed by atoms with Crippen molar-refractivity contribution in [1.82, 2.24) is 15.1 Å². The molecule has 0 bridgehead atoms. The van der Waals surface area contributed by atoms with Crippen molar-refractivity contribution in [3.8, 4) is 0 Å². The zero-order chi connectivity index (χ0) is 18.3. The molecule has 0 saturated carbocycles. The van der Waals surface area contributed by atoms with Crippen molar-refractivity contribution < 1.29 is 18.8 Å². The maximum absolute atomic E-state index is 12.4. The van der Waals surface area contributed by atoms with Crippen molar-refractivity contribution in [3.05, 3.63) is 36.1 Å². The van der Waals surface area contributed by atoms with Crippen LogP contribution in [-0.2, 0) is 20.8 Å². The molecule has 136 valence electrons. The molecule has 26 heavy (non-hydrogen) atoms. The number of carbonyl (C=O) groups excluding carboxylic acids is 3. The molecule has 1 aromatic heterocycles. The first-order chi connectivity index (χ1) is 12.5. The molecule has 1 unspecified atom stereocenters. The van der Waals surface area contributed by atoms with Crippen LogP contribution in [0.25, 0.3) is 11.0 Å². The molecule has 7 heteroatoms. The van der Waals surface area contributed by atoms with Crippen LogP contribution in [0.1, 0.15) is 12.2 Å². The highest BCUT2D eigenvalue weighted by Crippen LogP contribution is 2.26. The summed E-state index contributed by atoms with van der Waals surface area (Å²) >= 11 is 0. The van der Waals surface area contributed by atoms with E-state index in [9.17, 15) is 14.4 Å². The molecular formula is C19H21N3O4. The van der Waals surface area contributed by atoms with Gasteiger partial charge in [-0.3, -0.25) is 14.4 Å². The monoisotopic (exact) mass is 355 g/mol. The highest BCUT2D eigenvalue weighted by molar-refractivity contribution is 5.89. The van der Waals surface area contributed by atoms with Gasteiger partial charge in [0.1, 0.15) is 11.3 Å². The molecule has 1 aromatic carbocycles. The number of para-hydroxylation sites is 1. The van der Waals surface area contributed by atoms with E-state index in [0.29, 0.717) is 25.4 Å². The van der Waals surface area contributed by atoms with Gasteiger partial charge in [-0.15, -0.1) is 0 Å². The summed E-state index contributed by atoms with van der Waals surface area (Å²) < 4.78 is 5.70. The van der Waals surface area contributed by atoms with E-state index in [1.165, 1.54) is 0 Å². The molecule has 7 nitrogen and oxygen atoms in total. The van der Waals surface area contributed by atoms with E-state index in [2.05, 4.69) is 5.32 Å².